The van der Waals surface area contributed by atoms with Crippen molar-refractivity contribution in [1.29, 1.82) is 0 Å². The fourth-order valence-corrected chi connectivity index (χ4v) is 2.70. The summed E-state index contributed by atoms with van der Waals surface area (Å²) in [5.41, 5.74) is 0. The summed E-state index contributed by atoms with van der Waals surface area (Å²) in [7, 11) is 2.45. The largest absolute Gasteiger partial charge is 0.468 e. The number of carbonyl (C=O) groups is 3. The molecule has 2 unspecified atom stereocenters. The Morgan fingerprint density at radius 2 is 1.90 bits per heavy atom. The molecule has 5 heteroatoms. The van der Waals surface area contributed by atoms with Gasteiger partial charge in [-0.05, 0) is 19.3 Å². The molecular formula is C15H22O5. The highest BCUT2D eigenvalue weighted by atomic mass is 16.5. The Hall–Kier alpha value is -1.65. The molecule has 1 rings (SSSR count). The van der Waals surface area contributed by atoms with Crippen molar-refractivity contribution in [3.63, 3.8) is 0 Å². The van der Waals surface area contributed by atoms with Gasteiger partial charge in [0.1, 0.15) is 5.78 Å². The average Bonchev–Trinajstić information content (AvgIpc) is 2.47. The van der Waals surface area contributed by atoms with Gasteiger partial charge in [0.2, 0.25) is 0 Å². The second-order valence-electron chi connectivity index (χ2n) is 5.07. The van der Waals surface area contributed by atoms with Gasteiger partial charge in [0.05, 0.1) is 14.2 Å². The van der Waals surface area contributed by atoms with Crippen molar-refractivity contribution in [2.75, 3.05) is 14.2 Å². The summed E-state index contributed by atoms with van der Waals surface area (Å²) in [6, 6.07) is 0. The highest BCUT2D eigenvalue weighted by Gasteiger charge is 2.37. The molecule has 5 nitrogen and oxygen atoms in total. The Morgan fingerprint density at radius 1 is 1.30 bits per heavy atom. The molecule has 1 aliphatic carbocycles. The molecule has 0 bridgehead atoms. The SMILES string of the molecule is C=CC(CC1CCCCC1=O)C(C(=O)OC)C(=O)OC. The number of hydrogen-bond donors (Lipinski definition) is 0. The second kappa shape index (κ2) is 7.82. The zero-order valence-electron chi connectivity index (χ0n) is 12.1. The van der Waals surface area contributed by atoms with Crippen molar-refractivity contribution < 1.29 is 23.9 Å². The Balaban J connectivity index is 2.84. The van der Waals surface area contributed by atoms with Gasteiger partial charge in [-0.2, -0.15) is 0 Å². The maximum absolute atomic E-state index is 11.9. The minimum atomic E-state index is -1.04. The summed E-state index contributed by atoms with van der Waals surface area (Å²) < 4.78 is 9.32. The van der Waals surface area contributed by atoms with Crippen molar-refractivity contribution in [3.05, 3.63) is 12.7 Å². The lowest BCUT2D eigenvalue weighted by Gasteiger charge is -2.26. The van der Waals surface area contributed by atoms with Gasteiger partial charge in [-0.25, -0.2) is 0 Å². The third-order valence-corrected chi connectivity index (χ3v) is 3.88. The average molecular weight is 282 g/mol. The zero-order chi connectivity index (χ0) is 15.1. The molecule has 0 spiro atoms. The van der Waals surface area contributed by atoms with Crippen LogP contribution in [0.5, 0.6) is 0 Å². The summed E-state index contributed by atoms with van der Waals surface area (Å²) in [6.45, 7) is 3.68. The van der Waals surface area contributed by atoms with Gasteiger partial charge in [-0.3, -0.25) is 14.4 Å². The van der Waals surface area contributed by atoms with Gasteiger partial charge in [0, 0.05) is 18.3 Å². The molecule has 0 saturated heterocycles. The first-order valence-corrected chi connectivity index (χ1v) is 6.86. The van der Waals surface area contributed by atoms with Gasteiger partial charge >= 0.3 is 11.9 Å². The van der Waals surface area contributed by atoms with E-state index in [0.29, 0.717) is 12.8 Å². The van der Waals surface area contributed by atoms with Crippen LogP contribution in [0.3, 0.4) is 0 Å². The van der Waals surface area contributed by atoms with Crippen molar-refractivity contribution in [2.45, 2.75) is 32.1 Å². The highest BCUT2D eigenvalue weighted by molar-refractivity contribution is 5.95. The molecule has 0 radical (unpaired) electrons. The highest BCUT2D eigenvalue weighted by Crippen LogP contribution is 2.31. The molecular weight excluding hydrogens is 260 g/mol. The molecule has 0 aromatic heterocycles. The third-order valence-electron chi connectivity index (χ3n) is 3.88. The molecule has 112 valence electrons. The van der Waals surface area contributed by atoms with Gasteiger partial charge in [-0.15, -0.1) is 6.58 Å². The van der Waals surface area contributed by atoms with E-state index in [2.05, 4.69) is 16.1 Å². The second-order valence-corrected chi connectivity index (χ2v) is 5.07. The summed E-state index contributed by atoms with van der Waals surface area (Å²) in [5, 5.41) is 0. The lowest BCUT2D eigenvalue weighted by Crippen LogP contribution is -2.35. The monoisotopic (exact) mass is 282 g/mol. The molecule has 0 amide bonds. The number of carbonyl (C=O) groups excluding carboxylic acids is 3. The molecule has 0 N–H and O–H groups in total. The van der Waals surface area contributed by atoms with E-state index in [1.165, 1.54) is 14.2 Å². The van der Waals surface area contributed by atoms with Crippen LogP contribution < -0.4 is 0 Å². The van der Waals surface area contributed by atoms with E-state index in [1.807, 2.05) is 0 Å². The fourth-order valence-electron chi connectivity index (χ4n) is 2.70. The smallest absolute Gasteiger partial charge is 0.320 e. The van der Waals surface area contributed by atoms with Crippen LogP contribution in [0.15, 0.2) is 12.7 Å². The van der Waals surface area contributed by atoms with Crippen LogP contribution in [0.4, 0.5) is 0 Å². The summed E-state index contributed by atoms with van der Waals surface area (Å²) in [4.78, 5) is 35.4. The van der Waals surface area contributed by atoms with Crippen LogP contribution in [-0.2, 0) is 23.9 Å². The minimum absolute atomic E-state index is 0.108. The van der Waals surface area contributed by atoms with Gasteiger partial charge in [0.25, 0.3) is 0 Å². The number of hydrogen-bond acceptors (Lipinski definition) is 5. The van der Waals surface area contributed by atoms with Gasteiger partial charge < -0.3 is 9.47 Å². The molecule has 0 aliphatic heterocycles. The topological polar surface area (TPSA) is 69.7 Å². The Kier molecular flexibility index (Phi) is 6.42. The molecule has 0 aromatic carbocycles. The molecule has 0 aromatic rings. The minimum Gasteiger partial charge on any atom is -0.468 e. The third kappa shape index (κ3) is 3.92. The van der Waals surface area contributed by atoms with Gasteiger partial charge in [0.15, 0.2) is 5.92 Å². The van der Waals surface area contributed by atoms with Crippen LogP contribution >= 0.6 is 0 Å². The van der Waals surface area contributed by atoms with Crippen molar-refractivity contribution in [2.24, 2.45) is 17.8 Å². The Bertz CT molecular complexity index is 372. The standard InChI is InChI=1S/C15H22O5/c1-4-10(9-11-7-5-6-8-12(11)16)13(14(17)19-2)15(18)20-3/h4,10-11,13H,1,5-9H2,2-3H3. The Morgan fingerprint density at radius 3 is 2.35 bits per heavy atom. The maximum Gasteiger partial charge on any atom is 0.320 e. The van der Waals surface area contributed by atoms with Gasteiger partial charge in [-0.1, -0.05) is 12.5 Å². The number of ketones is 1. The first kappa shape index (κ1) is 16.4. The number of Topliss-reactive ketones (excluding diaryl/α,β-unsaturated/α-hetero) is 1. The number of allylic oxidation sites excluding steroid dienone is 1. The van der Waals surface area contributed by atoms with Crippen molar-refractivity contribution in [3.8, 4) is 0 Å². The van der Waals surface area contributed by atoms with E-state index in [4.69, 9.17) is 0 Å². The van der Waals surface area contributed by atoms with Crippen LogP contribution in [0.1, 0.15) is 32.1 Å². The molecule has 0 heterocycles. The number of ether oxygens (including phenoxy) is 2. The molecule has 1 fully saturated rings. The lowest BCUT2D eigenvalue weighted by molar-refractivity contribution is -0.161. The Labute approximate surface area is 119 Å². The molecule has 20 heavy (non-hydrogen) atoms. The van der Waals surface area contributed by atoms with E-state index in [-0.39, 0.29) is 11.7 Å². The van der Waals surface area contributed by atoms with Crippen LogP contribution in [0.25, 0.3) is 0 Å². The fraction of sp³-hybridized carbons (Fsp3) is 0.667. The van der Waals surface area contributed by atoms with Crippen molar-refractivity contribution >= 4 is 17.7 Å². The number of methoxy groups -OCH3 is 2. The number of rotatable bonds is 6. The van der Waals surface area contributed by atoms with Crippen LogP contribution in [0, 0.1) is 17.8 Å². The first-order valence-electron chi connectivity index (χ1n) is 6.86. The normalized spacial score (nSPS) is 20.4. The number of esters is 2. The van der Waals surface area contributed by atoms with Crippen LogP contribution in [0.2, 0.25) is 0 Å². The molecule has 1 saturated carbocycles. The molecule has 1 aliphatic rings. The maximum atomic E-state index is 11.9. The molecule has 2 atom stereocenters. The van der Waals surface area contributed by atoms with E-state index in [1.54, 1.807) is 6.08 Å². The van der Waals surface area contributed by atoms with E-state index in [9.17, 15) is 14.4 Å². The van der Waals surface area contributed by atoms with E-state index < -0.39 is 23.8 Å². The summed E-state index contributed by atoms with van der Waals surface area (Å²) in [6.07, 6.45) is 5.29. The van der Waals surface area contributed by atoms with E-state index >= 15 is 0 Å². The first-order chi connectivity index (χ1) is 9.54. The zero-order valence-corrected chi connectivity index (χ0v) is 12.1. The van der Waals surface area contributed by atoms with E-state index in [0.717, 1.165) is 19.3 Å². The predicted molar refractivity (Wildman–Crippen MR) is 72.8 cm³/mol. The summed E-state index contributed by atoms with van der Waals surface area (Å²) in [5.74, 6) is -2.69. The van der Waals surface area contributed by atoms with Crippen LogP contribution in [-0.4, -0.2) is 31.9 Å². The summed E-state index contributed by atoms with van der Waals surface area (Å²) >= 11 is 0. The predicted octanol–water partition coefficient (Wildman–Crippen LogP) is 1.90. The van der Waals surface area contributed by atoms with Crippen molar-refractivity contribution in [1.82, 2.24) is 0 Å². The lowest BCUT2D eigenvalue weighted by atomic mass is 9.77. The quantitative estimate of drug-likeness (QED) is 0.423.